The van der Waals surface area contributed by atoms with E-state index in [1.54, 1.807) is 30.6 Å². The number of amides is 1. The van der Waals surface area contributed by atoms with Crippen molar-refractivity contribution >= 4 is 45.8 Å². The minimum Gasteiger partial charge on any atom is -0.359 e. The molecular weight excluding hydrogens is 434 g/mol. The predicted molar refractivity (Wildman–Crippen MR) is 145 cm³/mol. The number of carbonyl (C=O) groups excluding carboxylic acids is 1. The first kappa shape index (κ1) is 23.3. The average molecular weight is 460 g/mol. The van der Waals surface area contributed by atoms with E-state index in [1.165, 1.54) is 5.56 Å². The van der Waals surface area contributed by atoms with Gasteiger partial charge in [0.25, 0.3) is 5.91 Å². The molecule has 6 heteroatoms. The first-order valence-electron chi connectivity index (χ1n) is 11.1. The topological polar surface area (TPSA) is 78.4 Å². The highest BCUT2D eigenvalue weighted by atomic mass is 16.1. The van der Waals surface area contributed by atoms with Crippen LogP contribution in [0.3, 0.4) is 0 Å². The lowest BCUT2D eigenvalue weighted by Crippen LogP contribution is -2.11. The summed E-state index contributed by atoms with van der Waals surface area (Å²) in [5.41, 5.74) is 7.02. The van der Waals surface area contributed by atoms with E-state index in [9.17, 15) is 4.79 Å². The third kappa shape index (κ3) is 6.12. The third-order valence-corrected chi connectivity index (χ3v) is 5.28. The van der Waals surface area contributed by atoms with Gasteiger partial charge in [-0.05, 0) is 86.7 Å². The summed E-state index contributed by atoms with van der Waals surface area (Å²) in [5.74, 6) is -0.177. The fourth-order valence-corrected chi connectivity index (χ4v) is 3.53. The van der Waals surface area contributed by atoms with Crippen molar-refractivity contribution in [3.05, 3.63) is 102 Å². The molecule has 4 aromatic rings. The van der Waals surface area contributed by atoms with Crippen LogP contribution in [0, 0.1) is 19.4 Å². The number of nitrogens with one attached hydrogen (secondary N) is 3. The third-order valence-electron chi connectivity index (χ3n) is 5.28. The van der Waals surface area contributed by atoms with E-state index in [-0.39, 0.29) is 5.91 Å². The van der Waals surface area contributed by atoms with Gasteiger partial charge in [0, 0.05) is 57.9 Å². The van der Waals surface area contributed by atoms with Gasteiger partial charge in [0.1, 0.15) is 0 Å². The maximum Gasteiger partial charge on any atom is 0.255 e. The summed E-state index contributed by atoms with van der Waals surface area (Å²) in [6, 6.07) is 25.2. The Balaban J connectivity index is 1.39. The van der Waals surface area contributed by atoms with Gasteiger partial charge in [0.2, 0.25) is 0 Å². The van der Waals surface area contributed by atoms with E-state index < -0.39 is 0 Å². The van der Waals surface area contributed by atoms with Gasteiger partial charge in [-0.2, -0.15) is 0 Å². The molecule has 0 unspecified atom stereocenters. The number of aryl methyl sites for hydroxylation is 1. The highest BCUT2D eigenvalue weighted by molar-refractivity contribution is 6.04. The maximum atomic E-state index is 12.7. The molecule has 6 nitrogen and oxygen atoms in total. The zero-order valence-corrected chi connectivity index (χ0v) is 19.5. The molecule has 3 aromatic carbocycles. The number of rotatable bonds is 7. The minimum atomic E-state index is -0.177. The molecule has 0 aliphatic heterocycles. The fraction of sp³-hybridized carbons (Fsp3) is 0.0690. The molecule has 0 saturated heterocycles. The van der Waals surface area contributed by atoms with E-state index in [4.69, 9.17) is 6.42 Å². The summed E-state index contributed by atoms with van der Waals surface area (Å²) in [7, 11) is 0. The quantitative estimate of drug-likeness (QED) is 0.217. The van der Waals surface area contributed by atoms with Crippen LogP contribution in [0.15, 0.2) is 95.8 Å². The van der Waals surface area contributed by atoms with Crippen molar-refractivity contribution in [2.24, 2.45) is 4.99 Å². The Morgan fingerprint density at radius 2 is 1.63 bits per heavy atom. The number of terminal acetylenes is 1. The van der Waals surface area contributed by atoms with E-state index >= 15 is 0 Å². The van der Waals surface area contributed by atoms with E-state index in [1.807, 2.05) is 61.5 Å². The van der Waals surface area contributed by atoms with Crippen LogP contribution >= 0.6 is 0 Å². The van der Waals surface area contributed by atoms with Gasteiger partial charge in [-0.15, -0.1) is 0 Å². The van der Waals surface area contributed by atoms with Gasteiger partial charge in [0.05, 0.1) is 5.52 Å². The lowest BCUT2D eigenvalue weighted by molar-refractivity contribution is 0.102. The summed E-state index contributed by atoms with van der Waals surface area (Å²) in [6.45, 7) is 3.97. The number of aromatic nitrogens is 1. The molecule has 0 radical (unpaired) electrons. The summed E-state index contributed by atoms with van der Waals surface area (Å²) in [4.78, 5) is 20.8. The molecule has 1 amide bonds. The molecule has 0 atom stereocenters. The van der Waals surface area contributed by atoms with Gasteiger partial charge in [0.15, 0.2) is 0 Å². The van der Waals surface area contributed by atoms with Gasteiger partial charge in [-0.3, -0.25) is 9.78 Å². The number of aliphatic imine (C=N–C) groups is 1. The number of allylic oxidation sites excluding steroid dienone is 2. The van der Waals surface area contributed by atoms with Crippen molar-refractivity contribution in [1.82, 2.24) is 4.98 Å². The Kier molecular flexibility index (Phi) is 7.19. The molecule has 172 valence electrons. The molecule has 0 spiro atoms. The highest BCUT2D eigenvalue weighted by Crippen LogP contribution is 2.26. The Labute approximate surface area is 204 Å². The van der Waals surface area contributed by atoms with Crippen LogP contribution in [-0.2, 0) is 0 Å². The fourth-order valence-electron chi connectivity index (χ4n) is 3.53. The Morgan fingerprint density at radius 1 is 0.943 bits per heavy atom. The van der Waals surface area contributed by atoms with E-state index in [0.29, 0.717) is 11.3 Å². The molecule has 35 heavy (non-hydrogen) atoms. The van der Waals surface area contributed by atoms with Crippen LogP contribution in [0.25, 0.3) is 10.9 Å². The van der Waals surface area contributed by atoms with Gasteiger partial charge in [-0.25, -0.2) is 4.99 Å². The SMILES string of the molecule is C#C/N=C\C=C(/C)Nc1ccc(NC(=O)c2ccc(Nc3ccnc4ccc(C)cc34)cc2)cc1. The number of pyridine rings is 1. The molecule has 0 fully saturated rings. The average Bonchev–Trinajstić information content (AvgIpc) is 2.86. The lowest BCUT2D eigenvalue weighted by Gasteiger charge is -2.11. The number of benzene rings is 3. The molecular formula is C29H25N5O. The molecule has 3 N–H and O–H groups in total. The standard InChI is InChI=1S/C29H25N5O/c1-4-30-17-15-21(3)32-23-10-12-25(13-11-23)34-29(35)22-6-8-24(9-7-22)33-28-16-18-31-27-14-5-20(2)19-26(27)28/h1,5-19,32H,2-3H3,(H,31,33)(H,34,35)/b21-15+,30-17-. The monoisotopic (exact) mass is 459 g/mol. The molecule has 0 saturated carbocycles. The summed E-state index contributed by atoms with van der Waals surface area (Å²) >= 11 is 0. The number of nitrogens with zero attached hydrogens (tertiary/aromatic N) is 2. The highest BCUT2D eigenvalue weighted by Gasteiger charge is 2.08. The molecule has 1 aromatic heterocycles. The molecule has 0 aliphatic rings. The maximum absolute atomic E-state index is 12.7. The molecule has 0 aliphatic carbocycles. The number of anilines is 4. The summed E-state index contributed by atoms with van der Waals surface area (Å²) in [5, 5.41) is 10.6. The zero-order valence-electron chi connectivity index (χ0n) is 19.5. The Hall–Kier alpha value is -4.89. The number of fused-ring (bicyclic) bond motifs is 1. The van der Waals surface area contributed by atoms with Crippen molar-refractivity contribution < 1.29 is 4.79 Å². The van der Waals surface area contributed by atoms with Gasteiger partial charge >= 0.3 is 0 Å². The number of carbonyl (C=O) groups is 1. The smallest absolute Gasteiger partial charge is 0.255 e. The van der Waals surface area contributed by atoms with E-state index in [2.05, 4.69) is 45.0 Å². The Morgan fingerprint density at radius 3 is 2.34 bits per heavy atom. The van der Waals surface area contributed by atoms with Crippen molar-refractivity contribution in [3.63, 3.8) is 0 Å². The van der Waals surface area contributed by atoms with Crippen LogP contribution in [-0.4, -0.2) is 17.1 Å². The van der Waals surface area contributed by atoms with Crippen LogP contribution < -0.4 is 16.0 Å². The minimum absolute atomic E-state index is 0.177. The van der Waals surface area contributed by atoms with E-state index in [0.717, 1.165) is 33.7 Å². The van der Waals surface area contributed by atoms with Crippen LogP contribution in [0.1, 0.15) is 22.8 Å². The summed E-state index contributed by atoms with van der Waals surface area (Å²) < 4.78 is 0. The number of hydrogen-bond donors (Lipinski definition) is 3. The second kappa shape index (κ2) is 10.8. The van der Waals surface area contributed by atoms with Crippen LogP contribution in [0.2, 0.25) is 0 Å². The van der Waals surface area contributed by atoms with Crippen LogP contribution in [0.4, 0.5) is 22.7 Å². The van der Waals surface area contributed by atoms with Crippen molar-refractivity contribution in [2.75, 3.05) is 16.0 Å². The molecule has 0 bridgehead atoms. The largest absolute Gasteiger partial charge is 0.359 e. The zero-order chi connectivity index (χ0) is 24.6. The van der Waals surface area contributed by atoms with Crippen molar-refractivity contribution in [2.45, 2.75) is 13.8 Å². The second-order valence-corrected chi connectivity index (χ2v) is 7.99. The summed E-state index contributed by atoms with van der Waals surface area (Å²) in [6.07, 6.45) is 10.2. The van der Waals surface area contributed by atoms with Gasteiger partial charge in [-0.1, -0.05) is 18.1 Å². The Bertz CT molecular complexity index is 1450. The van der Waals surface area contributed by atoms with Crippen molar-refractivity contribution in [3.8, 4) is 12.5 Å². The number of hydrogen-bond acceptors (Lipinski definition) is 5. The first-order valence-corrected chi connectivity index (χ1v) is 11.1. The normalized spacial score (nSPS) is 11.3. The van der Waals surface area contributed by atoms with Gasteiger partial charge < -0.3 is 16.0 Å². The lowest BCUT2D eigenvalue weighted by atomic mass is 10.1. The first-order chi connectivity index (χ1) is 17.0. The predicted octanol–water partition coefficient (Wildman–Crippen LogP) is 6.52. The molecule has 1 heterocycles. The van der Waals surface area contributed by atoms with Crippen molar-refractivity contribution in [1.29, 1.82) is 0 Å². The van der Waals surface area contributed by atoms with Crippen LogP contribution in [0.5, 0.6) is 0 Å². The second-order valence-electron chi connectivity index (χ2n) is 7.99. The molecule has 4 rings (SSSR count).